The number of imidazole rings is 1. The lowest BCUT2D eigenvalue weighted by molar-refractivity contribution is 0.112. The number of hydrogen-bond donors (Lipinski definition) is 0. The van der Waals surface area contributed by atoms with E-state index in [1.807, 2.05) is 54.2 Å². The molecule has 4 heteroatoms. The summed E-state index contributed by atoms with van der Waals surface area (Å²) in [4.78, 5) is 15.6. The van der Waals surface area contributed by atoms with Crippen LogP contribution in [-0.2, 0) is 13.5 Å². The van der Waals surface area contributed by atoms with Gasteiger partial charge in [0.15, 0.2) is 6.29 Å². The van der Waals surface area contributed by atoms with E-state index in [0.717, 1.165) is 22.9 Å². The van der Waals surface area contributed by atoms with Crippen molar-refractivity contribution in [2.75, 3.05) is 6.61 Å². The maximum absolute atomic E-state index is 11.4. The number of benzene rings is 2. The summed E-state index contributed by atoms with van der Waals surface area (Å²) in [6, 6.07) is 11.6. The Kier molecular flexibility index (Phi) is 3.69. The highest BCUT2D eigenvalue weighted by molar-refractivity contribution is 6.00. The van der Waals surface area contributed by atoms with Gasteiger partial charge in [-0.1, -0.05) is 30.3 Å². The average Bonchev–Trinajstić information content (AvgIpc) is 2.92. The van der Waals surface area contributed by atoms with Crippen molar-refractivity contribution in [3.05, 3.63) is 60.2 Å². The number of rotatable bonds is 5. The zero-order valence-electron chi connectivity index (χ0n) is 11.8. The van der Waals surface area contributed by atoms with Gasteiger partial charge in [-0.15, -0.1) is 0 Å². The third-order valence-electron chi connectivity index (χ3n) is 3.55. The van der Waals surface area contributed by atoms with E-state index in [1.165, 1.54) is 0 Å². The van der Waals surface area contributed by atoms with E-state index in [4.69, 9.17) is 4.74 Å². The minimum absolute atomic E-state index is 0.490. The molecule has 2 aromatic carbocycles. The monoisotopic (exact) mass is 280 g/mol. The number of hydrogen-bond acceptors (Lipinski definition) is 3. The predicted octanol–water partition coefficient (Wildman–Crippen LogP) is 3.01. The van der Waals surface area contributed by atoms with Crippen molar-refractivity contribution >= 4 is 17.1 Å². The standard InChI is InChI=1S/C17H16N2O2/c1-19-10-9-18-17(19)8-11-21-16-7-6-13-4-2-3-5-14(13)15(16)12-20/h2-7,9-10,12H,8,11H2,1H3. The molecular formula is C17H16N2O2. The van der Waals surface area contributed by atoms with Crippen molar-refractivity contribution in [3.8, 4) is 5.75 Å². The Bertz CT molecular complexity index is 777. The van der Waals surface area contributed by atoms with Crippen molar-refractivity contribution in [2.24, 2.45) is 7.05 Å². The third kappa shape index (κ3) is 2.65. The topological polar surface area (TPSA) is 44.1 Å². The van der Waals surface area contributed by atoms with E-state index in [9.17, 15) is 4.79 Å². The lowest BCUT2D eigenvalue weighted by Gasteiger charge is -2.10. The zero-order valence-corrected chi connectivity index (χ0v) is 11.8. The summed E-state index contributed by atoms with van der Waals surface area (Å²) in [7, 11) is 1.95. The van der Waals surface area contributed by atoms with Gasteiger partial charge in [0.25, 0.3) is 0 Å². The Morgan fingerprint density at radius 1 is 1.24 bits per heavy atom. The first kappa shape index (κ1) is 13.4. The van der Waals surface area contributed by atoms with E-state index in [-0.39, 0.29) is 0 Å². The van der Waals surface area contributed by atoms with Gasteiger partial charge in [0, 0.05) is 25.9 Å². The van der Waals surface area contributed by atoms with Crippen molar-refractivity contribution in [1.29, 1.82) is 0 Å². The summed E-state index contributed by atoms with van der Waals surface area (Å²) >= 11 is 0. The van der Waals surface area contributed by atoms with E-state index in [0.29, 0.717) is 24.3 Å². The highest BCUT2D eigenvalue weighted by Gasteiger charge is 2.08. The number of fused-ring (bicyclic) bond motifs is 1. The van der Waals surface area contributed by atoms with Gasteiger partial charge in [-0.2, -0.15) is 0 Å². The number of nitrogens with zero attached hydrogens (tertiary/aromatic N) is 2. The summed E-state index contributed by atoms with van der Waals surface area (Å²) in [5, 5.41) is 1.96. The second-order valence-electron chi connectivity index (χ2n) is 4.87. The van der Waals surface area contributed by atoms with Crippen molar-refractivity contribution in [3.63, 3.8) is 0 Å². The summed E-state index contributed by atoms with van der Waals surface area (Å²) in [6.07, 6.45) is 5.23. The molecule has 0 saturated carbocycles. The van der Waals surface area contributed by atoms with Gasteiger partial charge < -0.3 is 9.30 Å². The van der Waals surface area contributed by atoms with Crippen LogP contribution in [0.25, 0.3) is 10.8 Å². The number of aromatic nitrogens is 2. The normalized spacial score (nSPS) is 10.7. The highest BCUT2D eigenvalue weighted by atomic mass is 16.5. The molecule has 0 fully saturated rings. The minimum Gasteiger partial charge on any atom is -0.492 e. The molecule has 3 rings (SSSR count). The number of ether oxygens (including phenoxy) is 1. The smallest absolute Gasteiger partial charge is 0.154 e. The Balaban J connectivity index is 1.80. The molecule has 1 heterocycles. The van der Waals surface area contributed by atoms with Crippen LogP contribution in [0.15, 0.2) is 48.8 Å². The second kappa shape index (κ2) is 5.79. The molecule has 0 spiro atoms. The van der Waals surface area contributed by atoms with Crippen LogP contribution in [0.2, 0.25) is 0 Å². The van der Waals surface area contributed by atoms with E-state index in [2.05, 4.69) is 4.98 Å². The van der Waals surface area contributed by atoms with E-state index < -0.39 is 0 Å². The Hall–Kier alpha value is -2.62. The van der Waals surface area contributed by atoms with Gasteiger partial charge >= 0.3 is 0 Å². The first-order valence-corrected chi connectivity index (χ1v) is 6.85. The lowest BCUT2D eigenvalue weighted by atomic mass is 10.0. The summed E-state index contributed by atoms with van der Waals surface area (Å²) in [5.74, 6) is 1.58. The van der Waals surface area contributed by atoms with Crippen LogP contribution in [-0.4, -0.2) is 22.4 Å². The Labute approximate surface area is 123 Å². The zero-order chi connectivity index (χ0) is 14.7. The lowest BCUT2D eigenvalue weighted by Crippen LogP contribution is -2.07. The first-order valence-electron chi connectivity index (χ1n) is 6.85. The molecule has 0 aliphatic carbocycles. The first-order chi connectivity index (χ1) is 10.3. The summed E-state index contributed by atoms with van der Waals surface area (Å²) < 4.78 is 7.74. The average molecular weight is 280 g/mol. The predicted molar refractivity (Wildman–Crippen MR) is 81.7 cm³/mol. The van der Waals surface area contributed by atoms with Crippen LogP contribution in [0.4, 0.5) is 0 Å². The fourth-order valence-corrected chi connectivity index (χ4v) is 2.41. The fourth-order valence-electron chi connectivity index (χ4n) is 2.41. The molecule has 106 valence electrons. The Morgan fingerprint density at radius 2 is 2.10 bits per heavy atom. The molecule has 0 N–H and O–H groups in total. The molecule has 0 aliphatic heterocycles. The molecule has 0 atom stereocenters. The van der Waals surface area contributed by atoms with Crippen LogP contribution < -0.4 is 4.74 Å². The molecule has 21 heavy (non-hydrogen) atoms. The van der Waals surface area contributed by atoms with E-state index >= 15 is 0 Å². The molecule has 0 saturated heterocycles. The molecule has 0 unspecified atom stereocenters. The fraction of sp³-hybridized carbons (Fsp3) is 0.176. The third-order valence-corrected chi connectivity index (χ3v) is 3.55. The van der Waals surface area contributed by atoms with Gasteiger partial charge in [0.1, 0.15) is 11.6 Å². The quantitative estimate of drug-likeness (QED) is 0.675. The molecule has 0 amide bonds. The van der Waals surface area contributed by atoms with Gasteiger partial charge in [-0.05, 0) is 16.8 Å². The number of carbonyl (C=O) groups is 1. The van der Waals surface area contributed by atoms with Crippen molar-refractivity contribution in [1.82, 2.24) is 9.55 Å². The van der Waals surface area contributed by atoms with Gasteiger partial charge in [-0.3, -0.25) is 4.79 Å². The largest absolute Gasteiger partial charge is 0.492 e. The number of aldehydes is 1. The SMILES string of the molecule is Cn1ccnc1CCOc1ccc2ccccc2c1C=O. The highest BCUT2D eigenvalue weighted by Crippen LogP contribution is 2.26. The summed E-state index contributed by atoms with van der Waals surface area (Å²) in [5.41, 5.74) is 0.605. The molecule has 3 aromatic rings. The van der Waals surface area contributed by atoms with Crippen molar-refractivity contribution < 1.29 is 9.53 Å². The number of carbonyl (C=O) groups excluding carboxylic acids is 1. The van der Waals surface area contributed by atoms with Crippen LogP contribution in [0.5, 0.6) is 5.75 Å². The summed E-state index contributed by atoms with van der Waals surface area (Å²) in [6.45, 7) is 0.490. The minimum atomic E-state index is 0.490. The van der Waals surface area contributed by atoms with Crippen LogP contribution in [0.3, 0.4) is 0 Å². The number of aryl methyl sites for hydroxylation is 1. The van der Waals surface area contributed by atoms with E-state index in [1.54, 1.807) is 6.20 Å². The van der Waals surface area contributed by atoms with Crippen molar-refractivity contribution in [2.45, 2.75) is 6.42 Å². The molecule has 0 aliphatic rings. The van der Waals surface area contributed by atoms with Crippen LogP contribution in [0.1, 0.15) is 16.2 Å². The second-order valence-corrected chi connectivity index (χ2v) is 4.87. The molecular weight excluding hydrogens is 264 g/mol. The maximum Gasteiger partial charge on any atom is 0.154 e. The van der Waals surface area contributed by atoms with Crippen LogP contribution in [0, 0.1) is 0 Å². The maximum atomic E-state index is 11.4. The Morgan fingerprint density at radius 3 is 2.86 bits per heavy atom. The molecule has 4 nitrogen and oxygen atoms in total. The van der Waals surface area contributed by atoms with Gasteiger partial charge in [-0.25, -0.2) is 4.98 Å². The van der Waals surface area contributed by atoms with Gasteiger partial charge in [0.2, 0.25) is 0 Å². The molecule has 0 bridgehead atoms. The molecule has 0 radical (unpaired) electrons. The van der Waals surface area contributed by atoms with Crippen LogP contribution >= 0.6 is 0 Å². The molecule has 1 aromatic heterocycles. The van der Waals surface area contributed by atoms with Gasteiger partial charge in [0.05, 0.1) is 12.2 Å².